The molecule has 0 unspecified atom stereocenters. The Hall–Kier alpha value is -2.14. The molecule has 2 aromatic carbocycles. The average Bonchev–Trinajstić information content (AvgIpc) is 2.63. The maximum Gasteiger partial charge on any atom is 0.410 e. The topological polar surface area (TPSA) is 32.8 Å². The molecule has 0 saturated carbocycles. The summed E-state index contributed by atoms with van der Waals surface area (Å²) in [5, 5.41) is 0. The molecule has 27 heavy (non-hydrogen) atoms. The molecule has 3 rings (SSSR count). The Labute approximate surface area is 166 Å². The summed E-state index contributed by atoms with van der Waals surface area (Å²) in [5.41, 5.74) is 2.04. The highest BCUT2D eigenvalue weighted by Crippen LogP contribution is 2.36. The van der Waals surface area contributed by atoms with Gasteiger partial charge in [0.2, 0.25) is 0 Å². The van der Waals surface area contributed by atoms with Gasteiger partial charge in [-0.1, -0.05) is 36.0 Å². The van der Waals surface area contributed by atoms with Crippen molar-refractivity contribution in [3.63, 3.8) is 0 Å². The van der Waals surface area contributed by atoms with Gasteiger partial charge in [-0.25, -0.2) is 4.79 Å². The minimum absolute atomic E-state index is 0.217. The molecule has 144 valence electrons. The summed E-state index contributed by atoms with van der Waals surface area (Å²) in [6.07, 6.45) is -0.217. The van der Waals surface area contributed by atoms with Crippen molar-refractivity contribution in [1.29, 1.82) is 0 Å². The molecule has 1 heterocycles. The van der Waals surface area contributed by atoms with Gasteiger partial charge >= 0.3 is 6.09 Å². The van der Waals surface area contributed by atoms with Crippen LogP contribution in [-0.2, 0) is 4.74 Å². The van der Waals surface area contributed by atoms with Gasteiger partial charge in [0.15, 0.2) is 0 Å². The summed E-state index contributed by atoms with van der Waals surface area (Å²) in [6, 6.07) is 17.0. The van der Waals surface area contributed by atoms with E-state index >= 15 is 0 Å². The number of piperazine rings is 1. The molecule has 4 nitrogen and oxygen atoms in total. The average molecular weight is 385 g/mol. The van der Waals surface area contributed by atoms with Gasteiger partial charge in [-0.3, -0.25) is 0 Å². The predicted molar refractivity (Wildman–Crippen MR) is 112 cm³/mol. The lowest BCUT2D eigenvalue weighted by Gasteiger charge is -2.37. The highest BCUT2D eigenvalue weighted by atomic mass is 32.2. The Kier molecular flexibility index (Phi) is 6.00. The van der Waals surface area contributed by atoms with Crippen molar-refractivity contribution < 1.29 is 9.53 Å². The maximum absolute atomic E-state index is 12.3. The standard InChI is InChI=1S/C22H28N2O2S/c1-17-10-11-20(27-18-8-6-5-7-9-18)19(16-17)23-12-14-24(15-13-23)21(25)26-22(2,3)4/h5-11,16H,12-15H2,1-4H3. The normalized spacial score (nSPS) is 15.0. The number of aryl methyl sites for hydroxylation is 1. The second kappa shape index (κ2) is 8.26. The van der Waals surface area contributed by atoms with Crippen LogP contribution >= 0.6 is 11.8 Å². The molecule has 0 radical (unpaired) electrons. The monoisotopic (exact) mass is 384 g/mol. The van der Waals surface area contributed by atoms with E-state index in [1.165, 1.54) is 21.0 Å². The van der Waals surface area contributed by atoms with Crippen molar-refractivity contribution in [2.24, 2.45) is 0 Å². The minimum atomic E-state index is -0.454. The van der Waals surface area contributed by atoms with Gasteiger partial charge in [-0.15, -0.1) is 0 Å². The highest BCUT2D eigenvalue weighted by Gasteiger charge is 2.26. The Balaban J connectivity index is 1.70. The summed E-state index contributed by atoms with van der Waals surface area (Å²) in [4.78, 5) is 19.0. The molecule has 1 fully saturated rings. The zero-order valence-corrected chi connectivity index (χ0v) is 17.4. The fourth-order valence-electron chi connectivity index (χ4n) is 3.03. The quantitative estimate of drug-likeness (QED) is 0.728. The van der Waals surface area contributed by atoms with Crippen LogP contribution in [0.3, 0.4) is 0 Å². The molecule has 1 amide bonds. The van der Waals surface area contributed by atoms with E-state index in [0.717, 1.165) is 13.1 Å². The van der Waals surface area contributed by atoms with Gasteiger partial charge in [-0.05, 0) is 57.5 Å². The molecule has 5 heteroatoms. The molecule has 1 aliphatic heterocycles. The first-order valence-electron chi connectivity index (χ1n) is 9.38. The summed E-state index contributed by atoms with van der Waals surface area (Å²) in [5.74, 6) is 0. The molecular formula is C22H28N2O2S. The van der Waals surface area contributed by atoms with E-state index in [2.05, 4.69) is 54.3 Å². The molecule has 0 aliphatic carbocycles. The van der Waals surface area contributed by atoms with E-state index in [1.54, 1.807) is 11.8 Å². The van der Waals surface area contributed by atoms with Crippen molar-refractivity contribution in [2.75, 3.05) is 31.1 Å². The van der Waals surface area contributed by atoms with Crippen LogP contribution in [0.5, 0.6) is 0 Å². The lowest BCUT2D eigenvalue weighted by atomic mass is 10.2. The van der Waals surface area contributed by atoms with E-state index in [1.807, 2.05) is 31.7 Å². The van der Waals surface area contributed by atoms with Crippen molar-refractivity contribution in [3.8, 4) is 0 Å². The predicted octanol–water partition coefficient (Wildman–Crippen LogP) is 5.20. The molecule has 1 saturated heterocycles. The summed E-state index contributed by atoms with van der Waals surface area (Å²) in [6.45, 7) is 10.8. The Morgan fingerprint density at radius 2 is 1.67 bits per heavy atom. The first kappa shape index (κ1) is 19.6. The van der Waals surface area contributed by atoms with E-state index in [9.17, 15) is 4.79 Å². The fourth-order valence-corrected chi connectivity index (χ4v) is 4.01. The lowest BCUT2D eigenvalue weighted by molar-refractivity contribution is 0.0240. The molecule has 0 N–H and O–H groups in total. The van der Waals surface area contributed by atoms with Gasteiger partial charge in [-0.2, -0.15) is 0 Å². The highest BCUT2D eigenvalue weighted by molar-refractivity contribution is 7.99. The van der Waals surface area contributed by atoms with Crippen LogP contribution in [0.2, 0.25) is 0 Å². The zero-order valence-electron chi connectivity index (χ0n) is 16.6. The number of benzene rings is 2. The molecule has 0 bridgehead atoms. The lowest BCUT2D eigenvalue weighted by Crippen LogP contribution is -2.50. The van der Waals surface area contributed by atoms with Gasteiger partial charge in [0.25, 0.3) is 0 Å². The molecular weight excluding hydrogens is 356 g/mol. The number of carbonyl (C=O) groups excluding carboxylic acids is 1. The number of rotatable bonds is 3. The van der Waals surface area contributed by atoms with Crippen LogP contribution in [0.15, 0.2) is 58.3 Å². The first-order valence-corrected chi connectivity index (χ1v) is 10.2. The van der Waals surface area contributed by atoms with Crippen molar-refractivity contribution >= 4 is 23.5 Å². The third-order valence-electron chi connectivity index (χ3n) is 4.36. The largest absolute Gasteiger partial charge is 0.444 e. The van der Waals surface area contributed by atoms with Crippen LogP contribution in [0.4, 0.5) is 10.5 Å². The van der Waals surface area contributed by atoms with Crippen LogP contribution in [0.1, 0.15) is 26.3 Å². The van der Waals surface area contributed by atoms with Crippen LogP contribution in [0, 0.1) is 6.92 Å². The zero-order chi connectivity index (χ0) is 19.4. The number of anilines is 1. The number of ether oxygens (including phenoxy) is 1. The van der Waals surface area contributed by atoms with E-state index in [4.69, 9.17) is 4.74 Å². The summed E-state index contributed by atoms with van der Waals surface area (Å²) < 4.78 is 5.50. The Morgan fingerprint density at radius 1 is 1.00 bits per heavy atom. The Morgan fingerprint density at radius 3 is 2.30 bits per heavy atom. The maximum atomic E-state index is 12.3. The van der Waals surface area contributed by atoms with E-state index in [-0.39, 0.29) is 6.09 Å². The van der Waals surface area contributed by atoms with Gasteiger partial charge in [0, 0.05) is 36.0 Å². The number of hydrogen-bond acceptors (Lipinski definition) is 4. The van der Waals surface area contributed by atoms with E-state index < -0.39 is 5.60 Å². The SMILES string of the molecule is Cc1ccc(Sc2ccccc2)c(N2CCN(C(=O)OC(C)(C)C)CC2)c1. The number of hydrogen-bond donors (Lipinski definition) is 0. The second-order valence-electron chi connectivity index (χ2n) is 7.84. The van der Waals surface area contributed by atoms with Crippen molar-refractivity contribution in [2.45, 2.75) is 43.1 Å². The minimum Gasteiger partial charge on any atom is -0.444 e. The molecule has 0 aromatic heterocycles. The van der Waals surface area contributed by atoms with Crippen LogP contribution in [-0.4, -0.2) is 42.8 Å². The molecule has 2 aromatic rings. The van der Waals surface area contributed by atoms with Crippen LogP contribution in [0.25, 0.3) is 0 Å². The van der Waals surface area contributed by atoms with Gasteiger partial charge < -0.3 is 14.5 Å². The number of amides is 1. The third-order valence-corrected chi connectivity index (χ3v) is 5.43. The van der Waals surface area contributed by atoms with Gasteiger partial charge in [0.1, 0.15) is 5.60 Å². The smallest absolute Gasteiger partial charge is 0.410 e. The van der Waals surface area contributed by atoms with Crippen molar-refractivity contribution in [3.05, 3.63) is 54.1 Å². The van der Waals surface area contributed by atoms with Gasteiger partial charge in [0.05, 0.1) is 5.69 Å². The summed E-state index contributed by atoms with van der Waals surface area (Å²) in [7, 11) is 0. The van der Waals surface area contributed by atoms with Crippen molar-refractivity contribution in [1.82, 2.24) is 4.90 Å². The summed E-state index contributed by atoms with van der Waals surface area (Å²) >= 11 is 1.78. The van der Waals surface area contributed by atoms with E-state index in [0.29, 0.717) is 13.1 Å². The number of nitrogens with zero attached hydrogens (tertiary/aromatic N) is 2. The van der Waals surface area contributed by atoms with Crippen LogP contribution < -0.4 is 4.90 Å². The second-order valence-corrected chi connectivity index (χ2v) is 8.96. The fraction of sp³-hybridized carbons (Fsp3) is 0.409. The molecule has 0 atom stereocenters. The first-order chi connectivity index (χ1) is 12.8. The molecule has 1 aliphatic rings. The number of carbonyl (C=O) groups is 1. The molecule has 0 spiro atoms. The third kappa shape index (κ3) is 5.42. The Bertz CT molecular complexity index is 779.